The molecule has 1 aromatic rings. The smallest absolute Gasteiger partial charge is 0.230 e. The number of carbonyl (C=O) groups is 1. The fourth-order valence-corrected chi connectivity index (χ4v) is 3.05. The van der Waals surface area contributed by atoms with Gasteiger partial charge in [-0.3, -0.25) is 4.79 Å². The zero-order valence-corrected chi connectivity index (χ0v) is 15.0. The lowest BCUT2D eigenvalue weighted by molar-refractivity contribution is -0.130. The molecule has 1 aliphatic rings. The van der Waals surface area contributed by atoms with Crippen LogP contribution < -0.4 is 10.6 Å². The Morgan fingerprint density at radius 2 is 1.95 bits per heavy atom. The van der Waals surface area contributed by atoms with Gasteiger partial charge in [0.25, 0.3) is 0 Å². The average molecular weight is 376 g/mol. The van der Waals surface area contributed by atoms with Crippen LogP contribution >= 0.6 is 28.3 Å². The first kappa shape index (κ1) is 18.5. The molecule has 1 atom stereocenters. The molecule has 1 fully saturated rings. The molecule has 1 aromatic carbocycles. The summed E-state index contributed by atoms with van der Waals surface area (Å²) in [6.07, 6.45) is 3.04. The summed E-state index contributed by atoms with van der Waals surface area (Å²) in [5.74, 6) is 0.177. The summed E-state index contributed by atoms with van der Waals surface area (Å²) < 4.78 is 1.05. The van der Waals surface area contributed by atoms with E-state index in [9.17, 15) is 4.79 Å². The van der Waals surface area contributed by atoms with Crippen molar-refractivity contribution < 1.29 is 4.79 Å². The highest BCUT2D eigenvalue weighted by Crippen LogP contribution is 2.44. The lowest BCUT2D eigenvalue weighted by Crippen LogP contribution is -2.51. The fraction of sp³-hybridized carbons (Fsp3) is 0.562. The van der Waals surface area contributed by atoms with Crippen LogP contribution in [0.15, 0.2) is 28.7 Å². The van der Waals surface area contributed by atoms with Crippen molar-refractivity contribution in [2.75, 3.05) is 13.1 Å². The van der Waals surface area contributed by atoms with Crippen LogP contribution in [0.5, 0.6) is 0 Å². The minimum absolute atomic E-state index is 0. The van der Waals surface area contributed by atoms with Gasteiger partial charge in [-0.15, -0.1) is 12.4 Å². The van der Waals surface area contributed by atoms with E-state index >= 15 is 0 Å². The van der Waals surface area contributed by atoms with Crippen molar-refractivity contribution >= 4 is 34.2 Å². The minimum atomic E-state index is -0.299. The first-order valence-corrected chi connectivity index (χ1v) is 8.15. The molecule has 0 heterocycles. The van der Waals surface area contributed by atoms with Gasteiger partial charge in [0, 0.05) is 17.1 Å². The van der Waals surface area contributed by atoms with Gasteiger partial charge in [-0.2, -0.15) is 0 Å². The second-order valence-electron chi connectivity index (χ2n) is 5.61. The summed E-state index contributed by atoms with van der Waals surface area (Å²) in [6, 6.07) is 8.48. The molecular weight excluding hydrogens is 352 g/mol. The number of hydrogen-bond acceptors (Lipinski definition) is 2. The summed E-state index contributed by atoms with van der Waals surface area (Å²) in [5, 5.41) is 6.42. The molecule has 5 heteroatoms. The summed E-state index contributed by atoms with van der Waals surface area (Å²) in [4.78, 5) is 12.6. The molecule has 2 N–H and O–H groups in total. The Labute approximate surface area is 141 Å². The minimum Gasteiger partial charge on any atom is -0.354 e. The molecule has 0 aromatic heterocycles. The van der Waals surface area contributed by atoms with E-state index in [4.69, 9.17) is 0 Å². The number of amides is 1. The van der Waals surface area contributed by atoms with Crippen molar-refractivity contribution in [3.63, 3.8) is 0 Å². The van der Waals surface area contributed by atoms with Crippen LogP contribution in [-0.2, 0) is 10.2 Å². The third-order valence-electron chi connectivity index (χ3n) is 4.16. The highest BCUT2D eigenvalue weighted by atomic mass is 79.9. The quantitative estimate of drug-likeness (QED) is 0.800. The molecule has 3 nitrogen and oxygen atoms in total. The molecule has 1 amide bonds. The Balaban J connectivity index is 0.00000220. The Morgan fingerprint density at radius 3 is 2.43 bits per heavy atom. The number of nitrogens with one attached hydrogen (secondary N) is 2. The van der Waals surface area contributed by atoms with E-state index in [2.05, 4.69) is 52.5 Å². The molecule has 0 bridgehead atoms. The van der Waals surface area contributed by atoms with Gasteiger partial charge in [-0.25, -0.2) is 0 Å². The third-order valence-corrected chi connectivity index (χ3v) is 4.69. The molecule has 0 radical (unpaired) electrons. The second kappa shape index (κ2) is 8.16. The number of carbonyl (C=O) groups excluding carboxylic acids is 1. The van der Waals surface area contributed by atoms with Crippen molar-refractivity contribution in [2.45, 2.75) is 44.6 Å². The van der Waals surface area contributed by atoms with Crippen molar-refractivity contribution in [1.29, 1.82) is 0 Å². The summed E-state index contributed by atoms with van der Waals surface area (Å²) in [6.45, 7) is 5.78. The zero-order chi connectivity index (χ0) is 14.6. The van der Waals surface area contributed by atoms with Gasteiger partial charge in [0.1, 0.15) is 0 Å². The number of halogens is 2. The molecule has 21 heavy (non-hydrogen) atoms. The molecule has 118 valence electrons. The van der Waals surface area contributed by atoms with Crippen LogP contribution in [-0.4, -0.2) is 25.0 Å². The predicted octanol–water partition coefficient (Wildman–Crippen LogP) is 3.41. The van der Waals surface area contributed by atoms with E-state index in [1.807, 2.05) is 12.1 Å². The molecule has 1 saturated carbocycles. The molecule has 0 unspecified atom stereocenters. The largest absolute Gasteiger partial charge is 0.354 e. The van der Waals surface area contributed by atoms with Crippen LogP contribution in [0.3, 0.4) is 0 Å². The molecule has 2 rings (SSSR count). The first-order chi connectivity index (χ1) is 9.58. The molecular formula is C16H24BrClN2O. The van der Waals surface area contributed by atoms with E-state index in [1.165, 1.54) is 0 Å². The Kier molecular flexibility index (Phi) is 7.17. The van der Waals surface area contributed by atoms with Crippen molar-refractivity contribution in [1.82, 2.24) is 10.6 Å². The van der Waals surface area contributed by atoms with E-state index in [1.54, 1.807) is 0 Å². The van der Waals surface area contributed by atoms with Crippen molar-refractivity contribution in [3.05, 3.63) is 34.3 Å². The average Bonchev–Trinajstić information content (AvgIpc) is 2.38. The third kappa shape index (κ3) is 4.21. The van der Waals surface area contributed by atoms with Crippen molar-refractivity contribution in [3.8, 4) is 0 Å². The Hall–Kier alpha value is -0.580. The van der Waals surface area contributed by atoms with E-state index in [-0.39, 0.29) is 23.7 Å². The maximum absolute atomic E-state index is 12.6. The van der Waals surface area contributed by atoms with Gasteiger partial charge in [0.2, 0.25) is 5.91 Å². The summed E-state index contributed by atoms with van der Waals surface area (Å²) in [7, 11) is 0. The summed E-state index contributed by atoms with van der Waals surface area (Å²) in [5.41, 5.74) is 0.840. The van der Waals surface area contributed by atoms with Gasteiger partial charge in [-0.1, -0.05) is 41.4 Å². The van der Waals surface area contributed by atoms with Crippen LogP contribution in [0, 0.1) is 0 Å². The summed E-state index contributed by atoms with van der Waals surface area (Å²) >= 11 is 3.45. The zero-order valence-electron chi connectivity index (χ0n) is 12.6. The van der Waals surface area contributed by atoms with Crippen LogP contribution in [0.1, 0.15) is 38.7 Å². The number of rotatable bonds is 6. The van der Waals surface area contributed by atoms with Crippen molar-refractivity contribution in [2.24, 2.45) is 0 Å². The lowest BCUT2D eigenvalue weighted by Gasteiger charge is -2.41. The highest BCUT2D eigenvalue weighted by molar-refractivity contribution is 9.10. The van der Waals surface area contributed by atoms with Gasteiger partial charge in [0.05, 0.1) is 5.41 Å². The van der Waals surface area contributed by atoms with E-state index in [0.717, 1.165) is 35.8 Å². The standard InChI is InChI=1S/C16H23BrN2O.ClH/c1-3-18-12(2)11-19-15(20)16(9-4-10-16)13-5-7-14(17)8-6-13;/h5-8,12,18H,3-4,9-11H2,1-2H3,(H,19,20);1H/t12-;/m1./s1. The Bertz CT molecular complexity index is 460. The van der Waals surface area contributed by atoms with E-state index in [0.29, 0.717) is 12.6 Å². The topological polar surface area (TPSA) is 41.1 Å². The van der Waals surface area contributed by atoms with Crippen LogP contribution in [0.4, 0.5) is 0 Å². The van der Waals surface area contributed by atoms with E-state index < -0.39 is 0 Å². The second-order valence-corrected chi connectivity index (χ2v) is 6.53. The predicted molar refractivity (Wildman–Crippen MR) is 93.1 cm³/mol. The highest BCUT2D eigenvalue weighted by Gasteiger charge is 2.45. The monoisotopic (exact) mass is 374 g/mol. The Morgan fingerprint density at radius 1 is 1.33 bits per heavy atom. The molecule has 0 aliphatic heterocycles. The van der Waals surface area contributed by atoms with Gasteiger partial charge in [0.15, 0.2) is 0 Å². The maximum atomic E-state index is 12.6. The van der Waals surface area contributed by atoms with Gasteiger partial charge < -0.3 is 10.6 Å². The number of benzene rings is 1. The SMILES string of the molecule is CCN[C@H](C)CNC(=O)C1(c2ccc(Br)cc2)CCC1.Cl. The normalized spacial score (nSPS) is 17.3. The number of likely N-dealkylation sites (N-methyl/N-ethyl adjacent to an activating group) is 1. The maximum Gasteiger partial charge on any atom is 0.230 e. The first-order valence-electron chi connectivity index (χ1n) is 7.36. The molecule has 0 saturated heterocycles. The lowest BCUT2D eigenvalue weighted by atomic mass is 9.64. The van der Waals surface area contributed by atoms with Crippen LogP contribution in [0.2, 0.25) is 0 Å². The van der Waals surface area contributed by atoms with Gasteiger partial charge in [-0.05, 0) is 44.0 Å². The van der Waals surface area contributed by atoms with Crippen LogP contribution in [0.25, 0.3) is 0 Å². The van der Waals surface area contributed by atoms with Gasteiger partial charge >= 0.3 is 0 Å². The fourth-order valence-electron chi connectivity index (χ4n) is 2.78. The number of hydrogen-bond donors (Lipinski definition) is 2. The molecule has 1 aliphatic carbocycles. The molecule has 0 spiro atoms.